The lowest BCUT2D eigenvalue weighted by Gasteiger charge is -2.38. The average molecular weight is 1410 g/mol. The van der Waals surface area contributed by atoms with E-state index in [0.717, 1.165) is 148 Å². The van der Waals surface area contributed by atoms with Crippen molar-refractivity contribution in [1.82, 2.24) is 34.7 Å². The van der Waals surface area contributed by atoms with Crippen molar-refractivity contribution in [1.29, 1.82) is 0 Å². The van der Waals surface area contributed by atoms with E-state index >= 15 is 0 Å². The van der Waals surface area contributed by atoms with Crippen LogP contribution in [0, 0.1) is 33.5 Å². The normalized spacial score (nSPS) is 25.5. The third kappa shape index (κ3) is 36.7. The summed E-state index contributed by atoms with van der Waals surface area (Å²) >= 11 is 0. The van der Waals surface area contributed by atoms with Gasteiger partial charge in [0.2, 0.25) is 0 Å². The summed E-state index contributed by atoms with van der Waals surface area (Å²) in [5.74, 6) is 1.41. The molecule has 1 unspecified atom stereocenters. The quantitative estimate of drug-likeness (QED) is 0.253. The zero-order valence-corrected chi connectivity index (χ0v) is 72.3. The summed E-state index contributed by atoms with van der Waals surface area (Å²) in [6.45, 7) is 90.0. The van der Waals surface area contributed by atoms with Gasteiger partial charge in [-0.3, -0.25) is 24.5 Å². The molecular formula is C87H173N7O6. The summed E-state index contributed by atoms with van der Waals surface area (Å²) in [6.07, 6.45) is 26.8. The number of likely N-dealkylation sites (tertiary alicyclic amines) is 3. The number of allylic oxidation sites excluding steroid dienone is 1. The number of nitrogens with one attached hydrogen (secondary N) is 1. The summed E-state index contributed by atoms with van der Waals surface area (Å²) in [6, 6.07) is 2.65. The summed E-state index contributed by atoms with van der Waals surface area (Å²) in [4.78, 5) is 15.3. The molecule has 1 atom stereocenters. The second-order valence-corrected chi connectivity index (χ2v) is 40.6. The average Bonchev–Trinajstić information content (AvgIpc) is 1.63. The van der Waals surface area contributed by atoms with Gasteiger partial charge in [0.15, 0.2) is 5.79 Å². The number of piperazine rings is 1. The predicted octanol–water partition coefficient (Wildman–Crippen LogP) is 19.3. The summed E-state index contributed by atoms with van der Waals surface area (Å²) in [5, 5.41) is 3.35. The molecule has 2 bridgehead atoms. The highest BCUT2D eigenvalue weighted by molar-refractivity contribution is 5.16. The van der Waals surface area contributed by atoms with Gasteiger partial charge in [0.25, 0.3) is 0 Å². The van der Waals surface area contributed by atoms with Crippen LogP contribution in [0.4, 0.5) is 0 Å². The number of rotatable bonds is 1. The van der Waals surface area contributed by atoms with Crippen molar-refractivity contribution in [3.8, 4) is 0 Å². The van der Waals surface area contributed by atoms with Crippen molar-refractivity contribution in [3.63, 3.8) is 0 Å². The van der Waals surface area contributed by atoms with Gasteiger partial charge in [-0.25, -0.2) is 0 Å². The van der Waals surface area contributed by atoms with E-state index in [-0.39, 0.29) is 5.79 Å². The minimum atomic E-state index is -0.255. The van der Waals surface area contributed by atoms with Crippen molar-refractivity contribution in [2.75, 3.05) is 145 Å². The largest absolute Gasteiger partial charge is 0.381 e. The number of nitrogens with zero attached hydrogens (tertiary/aromatic N) is 6. The summed E-state index contributed by atoms with van der Waals surface area (Å²) in [7, 11) is 0. The van der Waals surface area contributed by atoms with Gasteiger partial charge in [-0.1, -0.05) is 113 Å². The first kappa shape index (κ1) is 93.2. The van der Waals surface area contributed by atoms with E-state index < -0.39 is 0 Å². The molecule has 11 aliphatic heterocycles. The Morgan fingerprint density at radius 1 is 0.380 bits per heavy atom. The van der Waals surface area contributed by atoms with Crippen LogP contribution in [0.2, 0.25) is 0 Å². The number of ether oxygens (including phenoxy) is 6. The Balaban J connectivity index is 0.000000290. The lowest BCUT2D eigenvalue weighted by molar-refractivity contribution is -0.162. The highest BCUT2D eigenvalue weighted by Crippen LogP contribution is 2.43. The Hall–Kier alpha value is -1.04. The van der Waals surface area contributed by atoms with Crippen LogP contribution in [0.1, 0.15) is 310 Å². The van der Waals surface area contributed by atoms with Crippen LogP contribution in [0.5, 0.6) is 0 Å². The highest BCUT2D eigenvalue weighted by atomic mass is 16.7. The van der Waals surface area contributed by atoms with Gasteiger partial charge in [-0.05, 0) is 280 Å². The van der Waals surface area contributed by atoms with E-state index in [1.807, 2.05) is 0 Å². The fourth-order valence-electron chi connectivity index (χ4n) is 15.6. The number of fused-ring (bicyclic) bond motifs is 2. The van der Waals surface area contributed by atoms with E-state index in [1.165, 1.54) is 136 Å². The number of morpholine rings is 1. The molecule has 100 heavy (non-hydrogen) atoms. The molecule has 1 N–H and O–H groups in total. The number of piperidine rings is 1. The Kier molecular flexibility index (Phi) is 40.3. The molecule has 0 aromatic rings. The van der Waals surface area contributed by atoms with Crippen LogP contribution in [0.15, 0.2) is 23.3 Å². The molecule has 12 aliphatic rings. The smallest absolute Gasteiger partial charge is 0.172 e. The van der Waals surface area contributed by atoms with Crippen LogP contribution < -0.4 is 5.32 Å². The molecule has 0 saturated carbocycles. The van der Waals surface area contributed by atoms with Crippen molar-refractivity contribution in [3.05, 3.63) is 23.3 Å². The maximum atomic E-state index is 5.68. The molecule has 13 nitrogen and oxygen atoms in total. The van der Waals surface area contributed by atoms with Crippen molar-refractivity contribution in [2.45, 2.75) is 362 Å². The molecule has 0 radical (unpaired) electrons. The van der Waals surface area contributed by atoms with Gasteiger partial charge in [0.05, 0.1) is 39.6 Å². The SMILES string of the molecule is CC(C)(C)C1=CCC2(CC1)OCCO2.CC(C)(C)C1=CCOCC1.CC(C)(C)C1CCOC1.CC(C)(C)C1CCOCC1.CC(C)(C)N1C2CCC1CC2.CC(C)(C)N1CCCC1.CC(C)(C)N1CCCCC1.CC(C)(C)N1CCNCC1.CC(C)(C)N1CCOCC1.CC(C)N1CCC1. The Labute approximate surface area is 623 Å². The van der Waals surface area contributed by atoms with E-state index in [2.05, 4.69) is 248 Å². The molecule has 1 aliphatic carbocycles. The molecular weight excluding hydrogens is 1240 g/mol. The molecule has 0 aromatic heterocycles. The first-order valence-corrected chi connectivity index (χ1v) is 41.4. The first-order chi connectivity index (χ1) is 46.1. The van der Waals surface area contributed by atoms with Gasteiger partial charge >= 0.3 is 0 Å². The van der Waals surface area contributed by atoms with E-state index in [0.29, 0.717) is 49.4 Å². The highest BCUT2D eigenvalue weighted by Gasteiger charge is 2.44. The minimum absolute atomic E-state index is 0.255. The second kappa shape index (κ2) is 43.2. The summed E-state index contributed by atoms with van der Waals surface area (Å²) in [5.41, 5.74) is 6.61. The monoisotopic (exact) mass is 1410 g/mol. The van der Waals surface area contributed by atoms with Gasteiger partial charge in [-0.2, -0.15) is 0 Å². The van der Waals surface area contributed by atoms with Gasteiger partial charge in [0.1, 0.15) is 0 Å². The zero-order chi connectivity index (χ0) is 75.4. The maximum absolute atomic E-state index is 5.68. The molecule has 11 heterocycles. The van der Waals surface area contributed by atoms with E-state index in [9.17, 15) is 0 Å². The van der Waals surface area contributed by atoms with Crippen molar-refractivity contribution < 1.29 is 28.4 Å². The lowest BCUT2D eigenvalue weighted by atomic mass is 9.76. The molecule has 10 fully saturated rings. The third-order valence-electron chi connectivity index (χ3n) is 23.0. The van der Waals surface area contributed by atoms with Crippen LogP contribution in [0.25, 0.3) is 0 Å². The standard InChI is InChI=1S/C12H20O2.C10H19N.C9H19N.C9H18O.C9H16O.C8H18N2.C8H17NO.C8H17N.C8H16O.C6H13N/c1-11(2,3)10-4-6-12(7-5-10)13-8-9-14-12;1-10(2,3)11-8-4-5-9(11)7-6-8;1-9(2,3)10-7-5-4-6-8-10;2*1-9(2,3)8-4-6-10-7-5-8;1-8(2,3)10-6-4-9-5-7-10;1-8(2,3)9-4-6-10-7-5-9;1-8(2,3)9-6-4-5-7-9;1-8(2,3)7-4-5-9-6-7;1-6(2)7-4-3-5-7/h4H,5-9H2,1-3H3;8-9H,4-7H2,1-3H3;4-8H2,1-3H3;8H,4-7H2,1-3H3;4H,5-7H2,1-3H3;9H,4-7H2,1-3H3;4-7H2,1-3H3;4-7H2,1-3H3;7H,4-6H2,1-3H3;6H,3-5H2,1-2H3. The van der Waals surface area contributed by atoms with E-state index in [1.54, 1.807) is 11.1 Å². The van der Waals surface area contributed by atoms with Gasteiger partial charge in [-0.15, -0.1) is 0 Å². The first-order valence-electron chi connectivity index (χ1n) is 41.4. The number of hydrogen-bond acceptors (Lipinski definition) is 13. The fraction of sp³-hybridized carbons (Fsp3) is 0.954. The fourth-order valence-corrected chi connectivity index (χ4v) is 15.6. The van der Waals surface area contributed by atoms with Crippen LogP contribution in [-0.2, 0) is 28.4 Å². The molecule has 0 amide bonds. The summed E-state index contributed by atoms with van der Waals surface area (Å²) < 4.78 is 32.4. The Morgan fingerprint density at radius 3 is 1.04 bits per heavy atom. The maximum Gasteiger partial charge on any atom is 0.172 e. The Morgan fingerprint density at radius 2 is 0.780 bits per heavy atom. The van der Waals surface area contributed by atoms with E-state index in [4.69, 9.17) is 28.4 Å². The van der Waals surface area contributed by atoms with Crippen LogP contribution in [-0.4, -0.2) is 226 Å². The van der Waals surface area contributed by atoms with Gasteiger partial charge < -0.3 is 38.6 Å². The second-order valence-electron chi connectivity index (χ2n) is 40.6. The molecule has 0 aromatic carbocycles. The zero-order valence-electron chi connectivity index (χ0n) is 72.3. The van der Waals surface area contributed by atoms with Gasteiger partial charge in [0, 0.05) is 124 Å². The third-order valence-corrected chi connectivity index (χ3v) is 23.0. The predicted molar refractivity (Wildman–Crippen MR) is 431 cm³/mol. The van der Waals surface area contributed by atoms with Crippen LogP contribution in [0.3, 0.4) is 0 Å². The molecule has 12 rings (SSSR count). The topological polar surface area (TPSA) is 86.9 Å². The molecule has 13 heteroatoms. The van der Waals surface area contributed by atoms with Crippen LogP contribution >= 0.6 is 0 Å². The lowest BCUT2D eigenvalue weighted by Crippen LogP contribution is -2.51. The molecule has 1 spiro atoms. The molecule has 592 valence electrons. The number of hydrogen-bond donors (Lipinski definition) is 1. The van der Waals surface area contributed by atoms with Crippen molar-refractivity contribution in [2.24, 2.45) is 33.5 Å². The minimum Gasteiger partial charge on any atom is -0.381 e. The van der Waals surface area contributed by atoms with Crippen molar-refractivity contribution >= 4 is 0 Å². The molecule has 10 saturated heterocycles. The Bertz CT molecular complexity index is 2020.